The molecule has 0 spiro atoms. The molecule has 0 N–H and O–H groups in total. The van der Waals surface area contributed by atoms with Gasteiger partial charge in [0.15, 0.2) is 0 Å². The molecule has 150 valence electrons. The van der Waals surface area contributed by atoms with Crippen LogP contribution < -0.4 is 0 Å². The Morgan fingerprint density at radius 3 is 2.68 bits per heavy atom. The zero-order valence-electron chi connectivity index (χ0n) is 17.4. The maximum absolute atomic E-state index is 13.5. The van der Waals surface area contributed by atoms with Gasteiger partial charge in [0.05, 0.1) is 24.0 Å². The van der Waals surface area contributed by atoms with Gasteiger partial charge in [0.25, 0.3) is 0 Å². The van der Waals surface area contributed by atoms with Crippen LogP contribution in [0.4, 0.5) is 0 Å². The number of nitrogens with zero attached hydrogens (tertiary/aromatic N) is 3. The van der Waals surface area contributed by atoms with Crippen LogP contribution in [0, 0.1) is 12.8 Å². The molecule has 0 unspecified atom stereocenters. The third-order valence-electron chi connectivity index (χ3n) is 6.65. The van der Waals surface area contributed by atoms with Crippen molar-refractivity contribution < 1.29 is 4.79 Å². The van der Waals surface area contributed by atoms with Gasteiger partial charge in [-0.2, -0.15) is 5.10 Å². The van der Waals surface area contributed by atoms with Gasteiger partial charge in [-0.1, -0.05) is 43.5 Å². The van der Waals surface area contributed by atoms with E-state index in [1.807, 2.05) is 18.7 Å². The molecular weight excluding hydrogens is 346 g/mol. The molecule has 1 aromatic carbocycles. The van der Waals surface area contributed by atoms with Crippen LogP contribution >= 0.6 is 0 Å². The van der Waals surface area contributed by atoms with Gasteiger partial charge in [0, 0.05) is 13.5 Å². The van der Waals surface area contributed by atoms with Crippen molar-refractivity contribution in [2.24, 2.45) is 13.0 Å². The van der Waals surface area contributed by atoms with Crippen molar-refractivity contribution in [3.8, 4) is 0 Å². The highest BCUT2D eigenvalue weighted by Crippen LogP contribution is 2.37. The molecule has 0 bridgehead atoms. The van der Waals surface area contributed by atoms with Crippen molar-refractivity contribution in [3.63, 3.8) is 0 Å². The van der Waals surface area contributed by atoms with E-state index >= 15 is 0 Å². The summed E-state index contributed by atoms with van der Waals surface area (Å²) in [6.07, 6.45) is 10.4. The summed E-state index contributed by atoms with van der Waals surface area (Å²) in [5.41, 5.74) is 4.90. The molecule has 0 saturated heterocycles. The van der Waals surface area contributed by atoms with Crippen LogP contribution in [0.3, 0.4) is 0 Å². The third-order valence-corrected chi connectivity index (χ3v) is 6.65. The van der Waals surface area contributed by atoms with Gasteiger partial charge in [-0.25, -0.2) is 0 Å². The fraction of sp³-hybridized carbons (Fsp3) is 0.583. The number of carbonyl (C=O) groups is 1. The fourth-order valence-electron chi connectivity index (χ4n) is 5.17. The lowest BCUT2D eigenvalue weighted by atomic mass is 9.84. The molecular formula is C24H33N3O. The van der Waals surface area contributed by atoms with Crippen molar-refractivity contribution >= 4 is 5.91 Å². The minimum absolute atomic E-state index is 0.191. The van der Waals surface area contributed by atoms with Crippen LogP contribution in [0.5, 0.6) is 0 Å². The Labute approximate surface area is 168 Å². The first-order chi connectivity index (χ1) is 13.6. The average Bonchev–Trinajstić information content (AvgIpc) is 3.03. The Bertz CT molecular complexity index is 819. The molecule has 1 saturated carbocycles. The summed E-state index contributed by atoms with van der Waals surface area (Å²) in [6, 6.07) is 11.0. The number of carbonyl (C=O) groups excluding carboxylic acids is 1. The molecule has 1 atom stereocenters. The Morgan fingerprint density at radius 1 is 1.14 bits per heavy atom. The monoisotopic (exact) mass is 379 g/mol. The number of hydrogen-bond acceptors (Lipinski definition) is 2. The van der Waals surface area contributed by atoms with E-state index in [0.717, 1.165) is 30.7 Å². The third kappa shape index (κ3) is 4.16. The highest BCUT2D eigenvalue weighted by atomic mass is 16.2. The van der Waals surface area contributed by atoms with Gasteiger partial charge in [-0.3, -0.25) is 9.48 Å². The van der Waals surface area contributed by atoms with E-state index < -0.39 is 0 Å². The molecule has 4 rings (SSSR count). The molecule has 0 radical (unpaired) electrons. The Hall–Kier alpha value is -2.10. The standard InChI is InChI=1S/C24H33N3O/c1-18-15-21(26(2)25-18)17-27(24(28)16-19-9-4-3-5-10-19)23-14-8-12-20-11-6-7-13-22(20)23/h6-7,11,13,15,19,23H,3-5,8-10,12,14,16-17H2,1-2H3/t23-/m1/s1. The second kappa shape index (κ2) is 8.50. The first kappa shape index (κ1) is 19.2. The molecule has 1 heterocycles. The SMILES string of the molecule is Cc1cc(CN(C(=O)CC2CCCCC2)[C@@H]2CCCc3ccccc32)n(C)n1. The zero-order valence-corrected chi connectivity index (χ0v) is 17.4. The van der Waals surface area contributed by atoms with E-state index in [4.69, 9.17) is 0 Å². The Kier molecular flexibility index (Phi) is 5.84. The van der Waals surface area contributed by atoms with Crippen LogP contribution in [0.15, 0.2) is 30.3 Å². The van der Waals surface area contributed by atoms with Crippen molar-refractivity contribution in [3.05, 3.63) is 52.8 Å². The second-order valence-corrected chi connectivity index (χ2v) is 8.74. The minimum atomic E-state index is 0.191. The van der Waals surface area contributed by atoms with Crippen molar-refractivity contribution in [2.75, 3.05) is 0 Å². The number of aryl methyl sites for hydroxylation is 3. The molecule has 4 heteroatoms. The summed E-state index contributed by atoms with van der Waals surface area (Å²) < 4.78 is 1.94. The molecule has 28 heavy (non-hydrogen) atoms. The van der Waals surface area contributed by atoms with Crippen LogP contribution in [0.2, 0.25) is 0 Å². The van der Waals surface area contributed by atoms with Crippen molar-refractivity contribution in [1.29, 1.82) is 0 Å². The normalized spacial score (nSPS) is 20.0. The van der Waals surface area contributed by atoms with Gasteiger partial charge in [0.2, 0.25) is 5.91 Å². The van der Waals surface area contributed by atoms with E-state index in [-0.39, 0.29) is 6.04 Å². The minimum Gasteiger partial charge on any atom is -0.330 e. The van der Waals surface area contributed by atoms with Gasteiger partial charge in [0.1, 0.15) is 0 Å². The van der Waals surface area contributed by atoms with Gasteiger partial charge in [-0.15, -0.1) is 0 Å². The average molecular weight is 380 g/mol. The summed E-state index contributed by atoms with van der Waals surface area (Å²) in [5, 5.41) is 4.51. The van der Waals surface area contributed by atoms with Crippen LogP contribution in [-0.4, -0.2) is 20.6 Å². The number of fused-ring (bicyclic) bond motifs is 1. The number of hydrogen-bond donors (Lipinski definition) is 0. The van der Waals surface area contributed by atoms with Gasteiger partial charge >= 0.3 is 0 Å². The van der Waals surface area contributed by atoms with E-state index in [2.05, 4.69) is 40.3 Å². The molecule has 1 fully saturated rings. The van der Waals surface area contributed by atoms with Gasteiger partial charge in [-0.05, 0) is 62.1 Å². The molecule has 4 nitrogen and oxygen atoms in total. The maximum atomic E-state index is 13.5. The van der Waals surface area contributed by atoms with E-state index in [1.165, 1.54) is 43.2 Å². The number of benzene rings is 1. The second-order valence-electron chi connectivity index (χ2n) is 8.74. The molecule has 2 aliphatic rings. The summed E-state index contributed by atoms with van der Waals surface area (Å²) in [5.74, 6) is 0.892. The molecule has 1 amide bonds. The van der Waals surface area contributed by atoms with Crippen LogP contribution in [-0.2, 0) is 24.8 Å². The van der Waals surface area contributed by atoms with Crippen molar-refractivity contribution in [1.82, 2.24) is 14.7 Å². The van der Waals surface area contributed by atoms with Gasteiger partial charge < -0.3 is 4.90 Å². The molecule has 1 aromatic heterocycles. The number of aromatic nitrogens is 2. The summed E-state index contributed by atoms with van der Waals surface area (Å²) >= 11 is 0. The quantitative estimate of drug-likeness (QED) is 0.724. The molecule has 2 aromatic rings. The topological polar surface area (TPSA) is 38.1 Å². The lowest BCUT2D eigenvalue weighted by molar-refractivity contribution is -0.136. The van der Waals surface area contributed by atoms with Crippen molar-refractivity contribution in [2.45, 2.75) is 77.3 Å². The maximum Gasteiger partial charge on any atom is 0.223 e. The van der Waals surface area contributed by atoms with E-state index in [0.29, 0.717) is 24.8 Å². The smallest absolute Gasteiger partial charge is 0.223 e. The number of amides is 1. The predicted octanol–water partition coefficient (Wildman–Crippen LogP) is 5.11. The first-order valence-corrected chi connectivity index (χ1v) is 11.0. The first-order valence-electron chi connectivity index (χ1n) is 11.0. The summed E-state index contributed by atoms with van der Waals surface area (Å²) in [6.45, 7) is 2.68. The Balaban J connectivity index is 1.61. The number of rotatable bonds is 5. The van der Waals surface area contributed by atoms with Crippen LogP contribution in [0.1, 0.15) is 79.9 Å². The highest BCUT2D eigenvalue weighted by molar-refractivity contribution is 5.77. The largest absolute Gasteiger partial charge is 0.330 e. The summed E-state index contributed by atoms with van der Waals surface area (Å²) in [4.78, 5) is 15.7. The van der Waals surface area contributed by atoms with E-state index in [9.17, 15) is 4.79 Å². The van der Waals surface area contributed by atoms with E-state index in [1.54, 1.807) is 0 Å². The zero-order chi connectivity index (χ0) is 19.5. The predicted molar refractivity (Wildman–Crippen MR) is 112 cm³/mol. The summed E-state index contributed by atoms with van der Waals surface area (Å²) in [7, 11) is 1.99. The molecule has 0 aliphatic heterocycles. The molecule has 2 aliphatic carbocycles. The fourth-order valence-corrected chi connectivity index (χ4v) is 5.17. The lowest BCUT2D eigenvalue weighted by Crippen LogP contribution is -2.37. The Morgan fingerprint density at radius 2 is 1.93 bits per heavy atom. The lowest BCUT2D eigenvalue weighted by Gasteiger charge is -2.37. The van der Waals surface area contributed by atoms with Crippen LogP contribution in [0.25, 0.3) is 0 Å². The highest BCUT2D eigenvalue weighted by Gasteiger charge is 2.31.